The zero-order valence-electron chi connectivity index (χ0n) is 16.3. The average molecular weight is 445 g/mol. The zero-order valence-corrected chi connectivity index (χ0v) is 17.9. The van der Waals surface area contributed by atoms with Gasteiger partial charge in [-0.1, -0.05) is 6.07 Å². The Morgan fingerprint density at radius 1 is 1.11 bits per heavy atom. The smallest absolute Gasteiger partial charge is 0.226 e. The van der Waals surface area contributed by atoms with Crippen LogP contribution in [0.25, 0.3) is 0 Å². The fourth-order valence-corrected chi connectivity index (χ4v) is 3.94. The molecule has 0 spiro atoms. The summed E-state index contributed by atoms with van der Waals surface area (Å²) in [5.74, 6) is 0.882. The van der Waals surface area contributed by atoms with Crippen molar-refractivity contribution in [2.45, 2.75) is 20.3 Å². The van der Waals surface area contributed by atoms with Crippen LogP contribution in [0.3, 0.4) is 0 Å². The SMILES string of the molecule is Cc1ccc(OCCC(=O)N2CCN(c3ccc(C=O)c(C)c3)CC2)c(Br)c1. The molecule has 1 saturated heterocycles. The lowest BCUT2D eigenvalue weighted by molar-refractivity contribution is -0.132. The third kappa shape index (κ3) is 4.93. The number of ether oxygens (including phenoxy) is 1. The fourth-order valence-electron chi connectivity index (χ4n) is 3.33. The van der Waals surface area contributed by atoms with E-state index in [1.54, 1.807) is 0 Å². The maximum absolute atomic E-state index is 12.5. The predicted octanol–water partition coefficient (Wildman–Crippen LogP) is 4.00. The number of rotatable bonds is 6. The second-order valence-corrected chi connectivity index (χ2v) is 7.91. The first-order valence-corrected chi connectivity index (χ1v) is 10.2. The minimum atomic E-state index is 0.121. The van der Waals surface area contributed by atoms with E-state index in [1.807, 2.05) is 55.1 Å². The normalized spacial score (nSPS) is 14.1. The van der Waals surface area contributed by atoms with Gasteiger partial charge in [0.15, 0.2) is 0 Å². The standard InChI is InChI=1S/C22H25BrN2O3/c1-16-3-6-21(20(23)13-16)28-12-7-22(27)25-10-8-24(9-11-25)19-5-4-18(15-26)17(2)14-19/h3-6,13-15H,7-12H2,1-2H3. The molecule has 0 N–H and O–H groups in total. The Labute approximate surface area is 174 Å². The number of amides is 1. The summed E-state index contributed by atoms with van der Waals surface area (Å²) >= 11 is 3.49. The third-order valence-electron chi connectivity index (χ3n) is 5.04. The highest BCUT2D eigenvalue weighted by molar-refractivity contribution is 9.10. The second kappa shape index (κ2) is 9.24. The van der Waals surface area contributed by atoms with E-state index in [0.717, 1.165) is 52.0 Å². The van der Waals surface area contributed by atoms with Gasteiger partial charge in [0.05, 0.1) is 17.5 Å². The van der Waals surface area contributed by atoms with E-state index in [9.17, 15) is 9.59 Å². The number of piperazine rings is 1. The van der Waals surface area contributed by atoms with Gasteiger partial charge in [0.25, 0.3) is 0 Å². The summed E-state index contributed by atoms with van der Waals surface area (Å²) in [7, 11) is 0. The highest BCUT2D eigenvalue weighted by Crippen LogP contribution is 2.26. The van der Waals surface area contributed by atoms with Crippen LogP contribution in [0.4, 0.5) is 5.69 Å². The summed E-state index contributed by atoms with van der Waals surface area (Å²) in [6, 6.07) is 11.8. The van der Waals surface area contributed by atoms with Gasteiger partial charge in [-0.3, -0.25) is 9.59 Å². The monoisotopic (exact) mass is 444 g/mol. The average Bonchev–Trinajstić information content (AvgIpc) is 2.69. The lowest BCUT2D eigenvalue weighted by Crippen LogP contribution is -2.49. The highest BCUT2D eigenvalue weighted by atomic mass is 79.9. The molecule has 0 radical (unpaired) electrons. The highest BCUT2D eigenvalue weighted by Gasteiger charge is 2.21. The molecule has 148 valence electrons. The molecule has 1 fully saturated rings. The summed E-state index contributed by atoms with van der Waals surface area (Å²) in [5, 5.41) is 0. The van der Waals surface area contributed by atoms with Gasteiger partial charge in [-0.05, 0) is 71.2 Å². The minimum absolute atomic E-state index is 0.121. The van der Waals surface area contributed by atoms with E-state index < -0.39 is 0 Å². The van der Waals surface area contributed by atoms with E-state index in [4.69, 9.17) is 4.74 Å². The Bertz CT molecular complexity index is 861. The molecule has 5 nitrogen and oxygen atoms in total. The summed E-state index contributed by atoms with van der Waals surface area (Å²) in [5.41, 5.74) is 3.95. The summed E-state index contributed by atoms with van der Waals surface area (Å²) in [6.45, 7) is 7.30. The van der Waals surface area contributed by atoms with Gasteiger partial charge in [0.1, 0.15) is 12.0 Å². The number of benzene rings is 2. The maximum Gasteiger partial charge on any atom is 0.226 e. The third-order valence-corrected chi connectivity index (χ3v) is 5.66. The lowest BCUT2D eigenvalue weighted by Gasteiger charge is -2.36. The van der Waals surface area contributed by atoms with Crippen molar-refractivity contribution in [3.05, 3.63) is 57.6 Å². The van der Waals surface area contributed by atoms with Crippen molar-refractivity contribution in [1.82, 2.24) is 4.90 Å². The molecule has 0 saturated carbocycles. The number of aryl methyl sites for hydroxylation is 2. The summed E-state index contributed by atoms with van der Waals surface area (Å²) in [6.07, 6.45) is 1.25. The van der Waals surface area contributed by atoms with Crippen LogP contribution >= 0.6 is 15.9 Å². The molecule has 0 aliphatic carbocycles. The van der Waals surface area contributed by atoms with Gasteiger partial charge in [-0.25, -0.2) is 0 Å². The van der Waals surface area contributed by atoms with Crippen LogP contribution in [0.2, 0.25) is 0 Å². The van der Waals surface area contributed by atoms with E-state index in [2.05, 4.69) is 20.8 Å². The molecule has 2 aromatic rings. The van der Waals surface area contributed by atoms with E-state index in [1.165, 1.54) is 0 Å². The second-order valence-electron chi connectivity index (χ2n) is 7.06. The first kappa shape index (κ1) is 20.4. The van der Waals surface area contributed by atoms with Gasteiger partial charge >= 0.3 is 0 Å². The molecule has 6 heteroatoms. The van der Waals surface area contributed by atoms with Crippen molar-refractivity contribution in [3.63, 3.8) is 0 Å². The molecule has 0 unspecified atom stereocenters. The molecule has 2 aromatic carbocycles. The van der Waals surface area contributed by atoms with Gasteiger partial charge < -0.3 is 14.5 Å². The number of anilines is 1. The fraction of sp³-hybridized carbons (Fsp3) is 0.364. The van der Waals surface area contributed by atoms with E-state index in [0.29, 0.717) is 26.1 Å². The van der Waals surface area contributed by atoms with Crippen LogP contribution in [0, 0.1) is 13.8 Å². The number of carbonyl (C=O) groups is 2. The first-order chi connectivity index (χ1) is 13.5. The number of nitrogens with zero attached hydrogens (tertiary/aromatic N) is 2. The maximum atomic E-state index is 12.5. The topological polar surface area (TPSA) is 49.9 Å². The minimum Gasteiger partial charge on any atom is -0.492 e. The molecule has 0 atom stereocenters. The Kier molecular flexibility index (Phi) is 6.73. The molecule has 0 aromatic heterocycles. The van der Waals surface area contributed by atoms with E-state index >= 15 is 0 Å². The molecule has 28 heavy (non-hydrogen) atoms. The molecular formula is C22H25BrN2O3. The largest absolute Gasteiger partial charge is 0.492 e. The zero-order chi connectivity index (χ0) is 20.1. The Hall–Kier alpha value is -2.34. The molecule has 1 aliphatic heterocycles. The lowest BCUT2D eigenvalue weighted by atomic mass is 10.1. The summed E-state index contributed by atoms with van der Waals surface area (Å²) < 4.78 is 6.65. The number of hydrogen-bond acceptors (Lipinski definition) is 4. The first-order valence-electron chi connectivity index (χ1n) is 9.45. The van der Waals surface area contributed by atoms with Gasteiger partial charge in [-0.15, -0.1) is 0 Å². The molecule has 0 bridgehead atoms. The number of carbonyl (C=O) groups excluding carboxylic acids is 2. The van der Waals surface area contributed by atoms with Crippen molar-refractivity contribution in [2.24, 2.45) is 0 Å². The quantitative estimate of drug-likeness (QED) is 0.631. The van der Waals surface area contributed by atoms with E-state index in [-0.39, 0.29) is 5.91 Å². The van der Waals surface area contributed by atoms with Gasteiger partial charge in [-0.2, -0.15) is 0 Å². The van der Waals surface area contributed by atoms with Crippen molar-refractivity contribution in [1.29, 1.82) is 0 Å². The van der Waals surface area contributed by atoms with Crippen LogP contribution in [-0.2, 0) is 4.79 Å². The van der Waals surface area contributed by atoms with Crippen molar-refractivity contribution >= 4 is 33.8 Å². The number of aldehydes is 1. The number of halogens is 1. The molecular weight excluding hydrogens is 420 g/mol. The molecule has 1 aliphatic rings. The predicted molar refractivity (Wildman–Crippen MR) is 114 cm³/mol. The van der Waals surface area contributed by atoms with Gasteiger partial charge in [0.2, 0.25) is 5.91 Å². The molecule has 1 heterocycles. The van der Waals surface area contributed by atoms with Crippen LogP contribution in [0.1, 0.15) is 27.9 Å². The van der Waals surface area contributed by atoms with Crippen LogP contribution in [-0.4, -0.2) is 49.9 Å². The van der Waals surface area contributed by atoms with Crippen LogP contribution in [0.15, 0.2) is 40.9 Å². The van der Waals surface area contributed by atoms with Crippen molar-refractivity contribution in [3.8, 4) is 5.75 Å². The Morgan fingerprint density at radius 2 is 1.86 bits per heavy atom. The van der Waals surface area contributed by atoms with Crippen LogP contribution in [0.5, 0.6) is 5.75 Å². The van der Waals surface area contributed by atoms with Gasteiger partial charge in [0, 0.05) is 37.4 Å². The van der Waals surface area contributed by atoms with Crippen LogP contribution < -0.4 is 9.64 Å². The van der Waals surface area contributed by atoms with Crippen molar-refractivity contribution < 1.29 is 14.3 Å². The summed E-state index contributed by atoms with van der Waals surface area (Å²) in [4.78, 5) is 27.6. The molecule has 3 rings (SSSR count). The van der Waals surface area contributed by atoms with Crippen molar-refractivity contribution in [2.75, 3.05) is 37.7 Å². The Morgan fingerprint density at radius 3 is 2.50 bits per heavy atom. The number of hydrogen-bond donors (Lipinski definition) is 0. The Balaban J connectivity index is 1.47. The molecule has 1 amide bonds.